The largest absolute Gasteiger partial charge is 0.336 e. The summed E-state index contributed by atoms with van der Waals surface area (Å²) in [5.74, 6) is -0.00802. The highest BCUT2D eigenvalue weighted by atomic mass is 32.1. The van der Waals surface area contributed by atoms with Crippen molar-refractivity contribution < 1.29 is 4.79 Å². The third-order valence-corrected chi connectivity index (χ3v) is 3.28. The molecule has 3 nitrogen and oxygen atoms in total. The molecule has 0 radical (unpaired) electrons. The third kappa shape index (κ3) is 3.08. The topological polar surface area (TPSA) is 33.2 Å². The van der Waals surface area contributed by atoms with Gasteiger partial charge >= 0.3 is 0 Å². The second-order valence-electron chi connectivity index (χ2n) is 3.69. The van der Waals surface area contributed by atoms with Crippen molar-refractivity contribution in [1.29, 1.82) is 0 Å². The smallest absolute Gasteiger partial charge is 0.253 e. The number of hydrogen-bond donors (Lipinski definition) is 1. The van der Waals surface area contributed by atoms with E-state index < -0.39 is 0 Å². The maximum absolute atomic E-state index is 12.1. The molecule has 0 spiro atoms. The van der Waals surface area contributed by atoms with E-state index in [0.717, 1.165) is 10.6 Å². The molecule has 1 aromatic heterocycles. The molecule has 88 valence electrons. The van der Waals surface area contributed by atoms with Crippen LogP contribution in [0.1, 0.15) is 16.1 Å². The van der Waals surface area contributed by atoms with Gasteiger partial charge in [0, 0.05) is 22.9 Å². The van der Waals surface area contributed by atoms with E-state index >= 15 is 0 Å². The van der Waals surface area contributed by atoms with Crippen molar-refractivity contribution in [3.8, 4) is 0 Å². The van der Waals surface area contributed by atoms with Crippen LogP contribution in [0.15, 0.2) is 40.1 Å². The first kappa shape index (κ1) is 12.1. The quantitative estimate of drug-likeness (QED) is 0.865. The Bertz CT molecular complexity index is 494. The van der Waals surface area contributed by atoms with Crippen LogP contribution in [0.3, 0.4) is 0 Å². The van der Waals surface area contributed by atoms with Crippen molar-refractivity contribution in [1.82, 2.24) is 9.88 Å². The number of hydrogen-bond acceptors (Lipinski definition) is 4. The lowest BCUT2D eigenvalue weighted by molar-refractivity contribution is 0.0783. The van der Waals surface area contributed by atoms with Gasteiger partial charge in [-0.25, -0.2) is 4.98 Å². The Balaban J connectivity index is 2.07. The molecule has 5 heteroatoms. The molecule has 0 unspecified atom stereocenters. The SMILES string of the molecule is CN(Cc1cscn1)C(=O)c1ccc(S)cc1. The van der Waals surface area contributed by atoms with Crippen LogP contribution in [0, 0.1) is 0 Å². The zero-order valence-corrected chi connectivity index (χ0v) is 11.0. The van der Waals surface area contributed by atoms with Crippen molar-refractivity contribution in [2.45, 2.75) is 11.4 Å². The summed E-state index contributed by atoms with van der Waals surface area (Å²) < 4.78 is 0. The molecular weight excluding hydrogens is 252 g/mol. The van der Waals surface area contributed by atoms with E-state index in [1.54, 1.807) is 29.6 Å². The fourth-order valence-corrected chi connectivity index (χ4v) is 2.15. The van der Waals surface area contributed by atoms with Gasteiger partial charge in [0.1, 0.15) is 0 Å². The summed E-state index contributed by atoms with van der Waals surface area (Å²) in [6.07, 6.45) is 0. The molecule has 1 heterocycles. The molecule has 1 aromatic carbocycles. The standard InChI is InChI=1S/C12H12N2OS2/c1-14(6-10-7-17-8-13-10)12(15)9-2-4-11(16)5-3-9/h2-5,7-8,16H,6H2,1H3. The molecular formula is C12H12N2OS2. The second kappa shape index (κ2) is 5.33. The minimum absolute atomic E-state index is 0.00802. The Hall–Kier alpha value is -1.33. The van der Waals surface area contributed by atoms with Gasteiger partial charge in [-0.1, -0.05) is 0 Å². The van der Waals surface area contributed by atoms with Crippen molar-refractivity contribution >= 4 is 29.9 Å². The number of carbonyl (C=O) groups is 1. The summed E-state index contributed by atoms with van der Waals surface area (Å²) in [4.78, 5) is 18.7. The van der Waals surface area contributed by atoms with Gasteiger partial charge in [-0.3, -0.25) is 4.79 Å². The van der Waals surface area contributed by atoms with Crippen molar-refractivity contribution in [2.24, 2.45) is 0 Å². The number of carbonyl (C=O) groups excluding carboxylic acids is 1. The number of rotatable bonds is 3. The van der Waals surface area contributed by atoms with Gasteiger partial charge in [-0.05, 0) is 24.3 Å². The number of amides is 1. The number of benzene rings is 1. The van der Waals surface area contributed by atoms with Crippen molar-refractivity contribution in [3.63, 3.8) is 0 Å². The molecule has 0 aliphatic carbocycles. The van der Waals surface area contributed by atoms with Gasteiger partial charge in [0.25, 0.3) is 5.91 Å². The van der Waals surface area contributed by atoms with Crippen molar-refractivity contribution in [3.05, 3.63) is 46.4 Å². The Morgan fingerprint density at radius 1 is 1.41 bits per heavy atom. The number of thiol groups is 1. The Kier molecular flexibility index (Phi) is 3.81. The van der Waals surface area contributed by atoms with E-state index in [9.17, 15) is 4.79 Å². The summed E-state index contributed by atoms with van der Waals surface area (Å²) in [6.45, 7) is 0.533. The van der Waals surface area contributed by atoms with Crippen molar-refractivity contribution in [2.75, 3.05) is 7.05 Å². The van der Waals surface area contributed by atoms with E-state index in [-0.39, 0.29) is 5.91 Å². The van der Waals surface area contributed by atoms with Crippen LogP contribution in [-0.4, -0.2) is 22.8 Å². The fraction of sp³-hybridized carbons (Fsp3) is 0.167. The zero-order valence-electron chi connectivity index (χ0n) is 9.33. The predicted molar refractivity (Wildman–Crippen MR) is 71.6 cm³/mol. The molecule has 0 N–H and O–H groups in total. The molecule has 0 fully saturated rings. The van der Waals surface area contributed by atoms with Crippen LogP contribution in [0.2, 0.25) is 0 Å². The van der Waals surface area contributed by atoms with Crippen LogP contribution < -0.4 is 0 Å². The van der Waals surface area contributed by atoms with E-state index in [2.05, 4.69) is 17.6 Å². The van der Waals surface area contributed by atoms with E-state index in [4.69, 9.17) is 0 Å². The minimum Gasteiger partial charge on any atom is -0.336 e. The van der Waals surface area contributed by atoms with Gasteiger partial charge in [-0.15, -0.1) is 24.0 Å². The predicted octanol–water partition coefficient (Wildman–Crippen LogP) is 2.70. The second-order valence-corrected chi connectivity index (χ2v) is 4.92. The Morgan fingerprint density at radius 3 is 2.71 bits per heavy atom. The Morgan fingerprint density at radius 2 is 2.12 bits per heavy atom. The first-order chi connectivity index (χ1) is 8.16. The van der Waals surface area contributed by atoms with Gasteiger partial charge in [0.15, 0.2) is 0 Å². The third-order valence-electron chi connectivity index (χ3n) is 2.34. The molecule has 2 aromatic rings. The lowest BCUT2D eigenvalue weighted by Crippen LogP contribution is -2.26. The van der Waals surface area contributed by atoms with Gasteiger partial charge in [0.2, 0.25) is 0 Å². The molecule has 0 saturated carbocycles. The summed E-state index contributed by atoms with van der Waals surface area (Å²) in [6, 6.07) is 7.18. The lowest BCUT2D eigenvalue weighted by Gasteiger charge is -2.15. The van der Waals surface area contributed by atoms with E-state index in [0.29, 0.717) is 12.1 Å². The number of aromatic nitrogens is 1. The van der Waals surface area contributed by atoms with Crippen LogP contribution >= 0.6 is 24.0 Å². The summed E-state index contributed by atoms with van der Waals surface area (Å²) in [7, 11) is 1.77. The van der Waals surface area contributed by atoms with Crippen LogP contribution in [0.5, 0.6) is 0 Å². The highest BCUT2D eigenvalue weighted by Gasteiger charge is 2.12. The average molecular weight is 264 g/mol. The van der Waals surface area contributed by atoms with Gasteiger partial charge in [0.05, 0.1) is 17.7 Å². The average Bonchev–Trinajstić information content (AvgIpc) is 2.82. The maximum atomic E-state index is 12.1. The zero-order chi connectivity index (χ0) is 12.3. The summed E-state index contributed by atoms with van der Waals surface area (Å²) >= 11 is 5.72. The molecule has 0 saturated heterocycles. The molecule has 0 bridgehead atoms. The number of thiazole rings is 1. The molecule has 0 aliphatic rings. The first-order valence-corrected chi connectivity index (χ1v) is 6.47. The van der Waals surface area contributed by atoms with Gasteiger partial charge in [-0.2, -0.15) is 0 Å². The normalized spacial score (nSPS) is 10.2. The van der Waals surface area contributed by atoms with E-state index in [1.165, 1.54) is 11.3 Å². The highest BCUT2D eigenvalue weighted by Crippen LogP contribution is 2.11. The lowest BCUT2D eigenvalue weighted by atomic mass is 10.2. The first-order valence-electron chi connectivity index (χ1n) is 5.08. The fourth-order valence-electron chi connectivity index (χ4n) is 1.45. The molecule has 1 amide bonds. The Labute approximate surface area is 110 Å². The van der Waals surface area contributed by atoms with Crippen LogP contribution in [0.4, 0.5) is 0 Å². The summed E-state index contributed by atoms with van der Waals surface area (Å²) in [5, 5.41) is 1.95. The van der Waals surface area contributed by atoms with Gasteiger partial charge < -0.3 is 4.90 Å². The molecule has 17 heavy (non-hydrogen) atoms. The van der Waals surface area contributed by atoms with E-state index in [1.807, 2.05) is 17.5 Å². The molecule has 0 atom stereocenters. The van der Waals surface area contributed by atoms with Crippen LogP contribution in [0.25, 0.3) is 0 Å². The number of nitrogens with zero attached hydrogens (tertiary/aromatic N) is 2. The van der Waals surface area contributed by atoms with Crippen LogP contribution in [-0.2, 0) is 6.54 Å². The highest BCUT2D eigenvalue weighted by molar-refractivity contribution is 7.80. The molecule has 0 aliphatic heterocycles. The minimum atomic E-state index is -0.00802. The maximum Gasteiger partial charge on any atom is 0.253 e. The monoisotopic (exact) mass is 264 g/mol. The summed E-state index contributed by atoms with van der Waals surface area (Å²) in [5.41, 5.74) is 3.35. The molecule has 2 rings (SSSR count).